The highest BCUT2D eigenvalue weighted by Gasteiger charge is 2.30. The molecule has 3 nitrogen and oxygen atoms in total. The number of allylic oxidation sites excluding steroid dienone is 1. The number of hydrogen-bond donors (Lipinski definition) is 2. The molecule has 86 valence electrons. The van der Waals surface area contributed by atoms with E-state index < -0.39 is 0 Å². The molecule has 1 fully saturated rings. The zero-order chi connectivity index (χ0) is 11.8. The van der Waals surface area contributed by atoms with Crippen molar-refractivity contribution in [3.8, 4) is 0 Å². The van der Waals surface area contributed by atoms with E-state index in [4.69, 9.17) is 0 Å². The number of aliphatic hydroxyl groups excluding tert-OH is 1. The zero-order valence-corrected chi connectivity index (χ0v) is 9.31. The molecule has 0 aromatic heterocycles. The quantitative estimate of drug-likeness (QED) is 0.815. The Hall–Kier alpha value is -2.03. The molecule has 3 heteroatoms. The lowest BCUT2D eigenvalue weighted by Crippen LogP contribution is -2.16. The van der Waals surface area contributed by atoms with Crippen LogP contribution in [0.15, 0.2) is 47.9 Å². The van der Waals surface area contributed by atoms with Gasteiger partial charge in [-0.25, -0.2) is 0 Å². The van der Waals surface area contributed by atoms with Crippen LogP contribution in [0, 0.1) is 5.92 Å². The Morgan fingerprint density at radius 2 is 1.94 bits per heavy atom. The van der Waals surface area contributed by atoms with Crippen molar-refractivity contribution in [2.24, 2.45) is 5.92 Å². The van der Waals surface area contributed by atoms with E-state index in [0.29, 0.717) is 17.2 Å². The SMILES string of the molecule is O=C1NC(=CC2CC2)C(O)=C1c1ccccc1. The minimum absolute atomic E-state index is 0.0769. The highest BCUT2D eigenvalue weighted by Crippen LogP contribution is 2.34. The van der Waals surface area contributed by atoms with Crippen LogP contribution in [0.1, 0.15) is 18.4 Å². The standard InChI is InChI=1S/C14H13NO2/c16-13-11(8-9-6-7-9)15-14(17)12(13)10-4-2-1-3-5-10/h1-5,8-9,16H,6-7H2,(H,15,17). The highest BCUT2D eigenvalue weighted by atomic mass is 16.3. The van der Waals surface area contributed by atoms with Gasteiger partial charge in [0.1, 0.15) is 0 Å². The smallest absolute Gasteiger partial charge is 0.260 e. The zero-order valence-electron chi connectivity index (χ0n) is 9.31. The molecular weight excluding hydrogens is 214 g/mol. The van der Waals surface area contributed by atoms with Gasteiger partial charge in [-0.05, 0) is 24.3 Å². The third-order valence-electron chi connectivity index (χ3n) is 3.05. The van der Waals surface area contributed by atoms with Crippen LogP contribution in [-0.2, 0) is 4.79 Å². The molecule has 0 saturated heterocycles. The first kappa shape index (κ1) is 10.1. The van der Waals surface area contributed by atoms with Gasteiger partial charge in [0.15, 0.2) is 5.76 Å². The molecule has 1 heterocycles. The summed E-state index contributed by atoms with van der Waals surface area (Å²) in [5.74, 6) is 0.372. The molecule has 1 saturated carbocycles. The van der Waals surface area contributed by atoms with E-state index >= 15 is 0 Å². The first-order chi connectivity index (χ1) is 8.25. The van der Waals surface area contributed by atoms with Crippen molar-refractivity contribution >= 4 is 11.5 Å². The van der Waals surface area contributed by atoms with Gasteiger partial charge in [-0.2, -0.15) is 0 Å². The average Bonchev–Trinajstić information content (AvgIpc) is 3.09. The molecular formula is C14H13NO2. The van der Waals surface area contributed by atoms with Crippen LogP contribution in [0.5, 0.6) is 0 Å². The molecule has 0 bridgehead atoms. The summed E-state index contributed by atoms with van der Waals surface area (Å²) in [5.41, 5.74) is 1.69. The summed E-state index contributed by atoms with van der Waals surface area (Å²) in [6.45, 7) is 0. The summed E-state index contributed by atoms with van der Waals surface area (Å²) in [4.78, 5) is 11.8. The predicted octanol–water partition coefficient (Wildman–Crippen LogP) is 2.38. The minimum Gasteiger partial charge on any atom is -0.505 e. The molecule has 1 amide bonds. The van der Waals surface area contributed by atoms with Crippen molar-refractivity contribution in [2.75, 3.05) is 0 Å². The maximum atomic E-state index is 11.8. The van der Waals surface area contributed by atoms with Crippen LogP contribution in [0.2, 0.25) is 0 Å². The van der Waals surface area contributed by atoms with Gasteiger partial charge in [-0.3, -0.25) is 4.79 Å². The number of nitrogens with one attached hydrogen (secondary N) is 1. The summed E-state index contributed by atoms with van der Waals surface area (Å²) in [6, 6.07) is 9.24. The van der Waals surface area contributed by atoms with Gasteiger partial charge in [0.25, 0.3) is 5.91 Å². The number of hydrogen-bond acceptors (Lipinski definition) is 2. The number of benzene rings is 1. The van der Waals surface area contributed by atoms with Crippen molar-refractivity contribution in [3.63, 3.8) is 0 Å². The summed E-state index contributed by atoms with van der Waals surface area (Å²) in [7, 11) is 0. The molecule has 17 heavy (non-hydrogen) atoms. The molecule has 1 aromatic carbocycles. The average molecular weight is 227 g/mol. The van der Waals surface area contributed by atoms with Crippen LogP contribution in [-0.4, -0.2) is 11.0 Å². The third-order valence-corrected chi connectivity index (χ3v) is 3.05. The lowest BCUT2D eigenvalue weighted by Gasteiger charge is -1.99. The summed E-state index contributed by atoms with van der Waals surface area (Å²) in [6.07, 6.45) is 4.24. The van der Waals surface area contributed by atoms with Crippen LogP contribution in [0.3, 0.4) is 0 Å². The van der Waals surface area contributed by atoms with Gasteiger partial charge in [0.05, 0.1) is 11.3 Å². The molecule has 3 rings (SSSR count). The molecule has 1 aliphatic heterocycles. The van der Waals surface area contributed by atoms with E-state index in [1.807, 2.05) is 36.4 Å². The van der Waals surface area contributed by atoms with Crippen molar-refractivity contribution in [3.05, 3.63) is 53.4 Å². The Morgan fingerprint density at radius 1 is 1.24 bits per heavy atom. The number of aliphatic hydroxyl groups is 1. The van der Waals surface area contributed by atoms with Crippen LogP contribution < -0.4 is 5.32 Å². The van der Waals surface area contributed by atoms with Crippen molar-refractivity contribution in [1.82, 2.24) is 5.32 Å². The van der Waals surface area contributed by atoms with Gasteiger partial charge in [-0.1, -0.05) is 36.4 Å². The molecule has 0 radical (unpaired) electrons. The monoisotopic (exact) mass is 227 g/mol. The maximum absolute atomic E-state index is 11.8. The molecule has 0 spiro atoms. The van der Waals surface area contributed by atoms with E-state index in [1.165, 1.54) is 0 Å². The van der Waals surface area contributed by atoms with Gasteiger partial charge in [0, 0.05) is 0 Å². The Balaban J connectivity index is 2.02. The molecule has 0 unspecified atom stereocenters. The minimum atomic E-state index is -0.222. The number of amides is 1. The molecule has 1 aromatic rings. The predicted molar refractivity (Wildman–Crippen MR) is 64.9 cm³/mol. The molecule has 1 aliphatic carbocycles. The van der Waals surface area contributed by atoms with Crippen LogP contribution >= 0.6 is 0 Å². The molecule has 0 atom stereocenters. The fourth-order valence-electron chi connectivity index (χ4n) is 1.98. The highest BCUT2D eigenvalue weighted by molar-refractivity contribution is 6.24. The second-order valence-corrected chi connectivity index (χ2v) is 4.46. The second-order valence-electron chi connectivity index (χ2n) is 4.46. The third kappa shape index (κ3) is 1.84. The van der Waals surface area contributed by atoms with Crippen molar-refractivity contribution in [1.29, 1.82) is 0 Å². The summed E-state index contributed by atoms with van der Waals surface area (Å²) >= 11 is 0. The normalized spacial score (nSPS) is 22.1. The lowest BCUT2D eigenvalue weighted by atomic mass is 10.1. The van der Waals surface area contributed by atoms with Crippen LogP contribution in [0.4, 0.5) is 0 Å². The second kappa shape index (κ2) is 3.77. The Morgan fingerprint density at radius 3 is 2.59 bits per heavy atom. The first-order valence-corrected chi connectivity index (χ1v) is 5.78. The van der Waals surface area contributed by atoms with E-state index in [2.05, 4.69) is 5.32 Å². The Bertz CT molecular complexity index is 524. The van der Waals surface area contributed by atoms with Crippen molar-refractivity contribution in [2.45, 2.75) is 12.8 Å². The van der Waals surface area contributed by atoms with Gasteiger partial charge < -0.3 is 10.4 Å². The van der Waals surface area contributed by atoms with Gasteiger partial charge >= 0.3 is 0 Å². The van der Waals surface area contributed by atoms with E-state index in [9.17, 15) is 9.90 Å². The van der Waals surface area contributed by atoms with E-state index in [-0.39, 0.29) is 11.7 Å². The van der Waals surface area contributed by atoms with E-state index in [1.54, 1.807) is 0 Å². The van der Waals surface area contributed by atoms with Gasteiger partial charge in [-0.15, -0.1) is 0 Å². The number of rotatable bonds is 2. The maximum Gasteiger partial charge on any atom is 0.260 e. The fourth-order valence-corrected chi connectivity index (χ4v) is 1.98. The van der Waals surface area contributed by atoms with Gasteiger partial charge in [0.2, 0.25) is 0 Å². The lowest BCUT2D eigenvalue weighted by molar-refractivity contribution is -0.114. The van der Waals surface area contributed by atoms with E-state index in [0.717, 1.165) is 18.4 Å². The molecule has 2 N–H and O–H groups in total. The van der Waals surface area contributed by atoms with Crippen molar-refractivity contribution < 1.29 is 9.90 Å². The summed E-state index contributed by atoms with van der Waals surface area (Å²) in [5, 5.41) is 12.8. The molecule has 2 aliphatic rings. The van der Waals surface area contributed by atoms with Crippen LogP contribution in [0.25, 0.3) is 5.57 Å². The topological polar surface area (TPSA) is 49.3 Å². The fraction of sp³-hybridized carbons (Fsp3) is 0.214. The Labute approximate surface area is 99.5 Å². The number of carbonyl (C=O) groups excluding carboxylic acids is 1. The summed E-state index contributed by atoms with van der Waals surface area (Å²) < 4.78 is 0. The first-order valence-electron chi connectivity index (χ1n) is 5.78. The number of carbonyl (C=O) groups is 1. The Kier molecular flexibility index (Phi) is 2.25. The largest absolute Gasteiger partial charge is 0.505 e.